The van der Waals surface area contributed by atoms with Gasteiger partial charge >= 0.3 is 0 Å². The van der Waals surface area contributed by atoms with Crippen LogP contribution in [0.4, 0.5) is 17.1 Å². The molecule has 0 fully saturated rings. The molecule has 2 heterocycles. The zero-order chi connectivity index (χ0) is 74.5. The number of aromatic nitrogens is 1. The van der Waals surface area contributed by atoms with E-state index in [0.717, 1.165) is 62.3 Å². The molecule has 100 heavy (non-hydrogen) atoms. The van der Waals surface area contributed by atoms with Gasteiger partial charge in [0.25, 0.3) is 0 Å². The Morgan fingerprint density at radius 1 is 0.470 bits per heavy atom. The molecule has 1 aromatic heterocycles. The third-order valence-electron chi connectivity index (χ3n) is 15.2. The Morgan fingerprint density at radius 3 is 1.28 bits per heavy atom. The highest BCUT2D eigenvalue weighted by atomic mass is 32.2. The van der Waals surface area contributed by atoms with Crippen molar-refractivity contribution in [2.24, 2.45) is 0 Å². The summed E-state index contributed by atoms with van der Waals surface area (Å²) in [5.41, 5.74) is 15.8. The van der Waals surface area contributed by atoms with Crippen molar-refractivity contribution in [2.75, 3.05) is 21.6 Å². The van der Waals surface area contributed by atoms with Crippen molar-refractivity contribution < 1.29 is 53.8 Å². The van der Waals surface area contributed by atoms with Crippen molar-refractivity contribution in [1.29, 1.82) is 0 Å². The second-order valence-corrected chi connectivity index (χ2v) is 32.8. The number of carbonyl (C=O) groups excluding carboxylic acids is 2. The molecule has 0 aliphatic carbocycles. The number of rotatable bonds is 6. The van der Waals surface area contributed by atoms with Gasteiger partial charge in [-0.1, -0.05) is 250 Å². The fourth-order valence-electron chi connectivity index (χ4n) is 8.98. The van der Waals surface area contributed by atoms with E-state index in [4.69, 9.17) is 10.2 Å². The van der Waals surface area contributed by atoms with E-state index in [2.05, 4.69) is 155 Å². The van der Waals surface area contributed by atoms with Crippen LogP contribution < -0.4 is 15.4 Å². The molecule has 0 spiro atoms. The Kier molecular flexibility index (Phi) is 40.5. The number of carbonyl (C=O) groups is 2. The largest absolute Gasteiger partial charge is 0.508 e. The highest BCUT2D eigenvalue weighted by molar-refractivity contribution is 7.92. The first-order valence-corrected chi connectivity index (χ1v) is 34.5. The van der Waals surface area contributed by atoms with Gasteiger partial charge in [-0.25, -0.2) is 8.42 Å². The van der Waals surface area contributed by atoms with E-state index < -0.39 is 10.0 Å². The Balaban J connectivity index is -0.000000533. The first kappa shape index (κ1) is 98.5. The van der Waals surface area contributed by atoms with Crippen LogP contribution in [-0.2, 0) is 77.2 Å². The molecule has 8 rings (SSSR count). The van der Waals surface area contributed by atoms with E-state index in [-0.39, 0.29) is 115 Å². The van der Waals surface area contributed by atoms with Crippen molar-refractivity contribution in [3.8, 4) is 28.7 Å². The third-order valence-corrected chi connectivity index (χ3v) is 15.8. The van der Waals surface area contributed by atoms with Gasteiger partial charge in [-0.15, -0.1) is 0 Å². The van der Waals surface area contributed by atoms with Crippen LogP contribution >= 0.6 is 0 Å². The maximum absolute atomic E-state index is 11.3. The van der Waals surface area contributed by atoms with Gasteiger partial charge in [-0.2, -0.15) is 0 Å². The fraction of sp³-hybridized carbons (Fsp3) is 0.488. The quantitative estimate of drug-likeness (QED) is 0.0551. The number of phenolic OH excluding ortho intramolecular Hbond substituents is 5. The number of anilines is 3. The van der Waals surface area contributed by atoms with Gasteiger partial charge in [0.1, 0.15) is 28.7 Å². The molecule has 2 amide bonds. The van der Waals surface area contributed by atoms with Crippen LogP contribution in [0.3, 0.4) is 0 Å². The highest BCUT2D eigenvalue weighted by Crippen LogP contribution is 2.36. The normalized spacial score (nSPS) is 11.6. The number of amides is 2. The molecule has 1 aliphatic heterocycles. The maximum Gasteiger partial charge on any atom is 0.229 e. The van der Waals surface area contributed by atoms with E-state index >= 15 is 0 Å². The number of phenols is 5. The van der Waals surface area contributed by atoms with Gasteiger partial charge in [0.2, 0.25) is 22.3 Å². The number of nitrogens with one attached hydrogen (secondary N) is 3. The van der Waals surface area contributed by atoms with E-state index in [1.807, 2.05) is 119 Å². The lowest BCUT2D eigenvalue weighted by molar-refractivity contribution is -0.115. The van der Waals surface area contributed by atoms with Gasteiger partial charge in [-0.05, 0) is 169 Å². The summed E-state index contributed by atoms with van der Waals surface area (Å²) >= 11 is 0. The number of aliphatic hydroxyl groups is 2. The number of nitrogens with zero attached hydrogens (tertiary/aromatic N) is 1. The smallest absolute Gasteiger partial charge is 0.229 e. The summed E-state index contributed by atoms with van der Waals surface area (Å²) in [7, 11) is -3.37. The summed E-state index contributed by atoms with van der Waals surface area (Å²) in [4.78, 5) is 25.9. The number of sulfonamides is 1. The Labute approximate surface area is 606 Å². The van der Waals surface area contributed by atoms with E-state index in [1.54, 1.807) is 36.4 Å². The monoisotopic (exact) mass is 1410 g/mol. The van der Waals surface area contributed by atoms with Crippen LogP contribution in [0.15, 0.2) is 121 Å². The van der Waals surface area contributed by atoms with Crippen LogP contribution in [0.25, 0.3) is 0 Å². The number of fused-ring (bicyclic) bond motifs is 1. The average molecular weight is 1410 g/mol. The third kappa shape index (κ3) is 34.0. The first-order chi connectivity index (χ1) is 43.7. The summed E-state index contributed by atoms with van der Waals surface area (Å²) in [6, 6.07) is 37.1. The summed E-state index contributed by atoms with van der Waals surface area (Å²) in [6.07, 6.45) is 2.14. The topological polar surface area (TPSA) is 259 Å². The minimum atomic E-state index is -3.37. The van der Waals surface area contributed by atoms with Crippen LogP contribution in [0.1, 0.15) is 262 Å². The van der Waals surface area contributed by atoms with Crippen LogP contribution in [0, 0.1) is 20.8 Å². The molecule has 10 N–H and O–H groups in total. The maximum atomic E-state index is 11.3. The van der Waals surface area contributed by atoms with Gasteiger partial charge in [0, 0.05) is 22.9 Å². The van der Waals surface area contributed by atoms with Crippen molar-refractivity contribution in [3.05, 3.63) is 194 Å². The predicted octanol–water partition coefficient (Wildman–Crippen LogP) is 20.7. The predicted molar refractivity (Wildman–Crippen MR) is 427 cm³/mol. The van der Waals surface area contributed by atoms with Gasteiger partial charge < -0.3 is 46.4 Å². The number of pyridine rings is 1. The summed E-state index contributed by atoms with van der Waals surface area (Å²) in [6.45, 7) is 54.2. The van der Waals surface area contributed by atoms with Crippen molar-refractivity contribution in [3.63, 3.8) is 0 Å². The number of hydrogen-bond acceptors (Lipinski definition) is 12. The lowest BCUT2D eigenvalue weighted by Gasteiger charge is -2.21. The molecule has 562 valence electrons. The first-order valence-electron chi connectivity index (χ1n) is 32.6. The molecule has 0 saturated carbocycles. The zero-order valence-corrected chi connectivity index (χ0v) is 63.7. The molecule has 0 atom stereocenters. The fourth-order valence-corrected chi connectivity index (χ4v) is 9.54. The highest BCUT2D eigenvalue weighted by Gasteiger charge is 2.26. The van der Waals surface area contributed by atoms with E-state index in [0.29, 0.717) is 24.3 Å². The van der Waals surface area contributed by atoms with Gasteiger partial charge in [0.05, 0.1) is 43.0 Å². The zero-order valence-electron chi connectivity index (χ0n) is 62.9. The van der Waals surface area contributed by atoms with Crippen molar-refractivity contribution in [2.45, 2.75) is 267 Å². The second kappa shape index (κ2) is 41.1. The summed E-state index contributed by atoms with van der Waals surface area (Å²) < 4.78 is 24.5. The summed E-state index contributed by atoms with van der Waals surface area (Å²) in [5, 5.41) is 70.3. The van der Waals surface area contributed by atoms with E-state index in [1.165, 1.54) is 34.4 Å². The Bertz CT molecular complexity index is 3670. The lowest BCUT2D eigenvalue weighted by Crippen LogP contribution is -2.14. The Morgan fingerprint density at radius 2 is 0.880 bits per heavy atom. The molecule has 15 nitrogen and oxygen atoms in total. The Hall–Kier alpha value is -7.92. The van der Waals surface area contributed by atoms with Crippen LogP contribution in [-0.4, -0.2) is 67.7 Å². The molecule has 0 radical (unpaired) electrons. The second-order valence-electron chi connectivity index (χ2n) is 31.1. The minimum Gasteiger partial charge on any atom is -0.508 e. The van der Waals surface area contributed by atoms with Crippen LogP contribution in [0.2, 0.25) is 0 Å². The molecule has 6 aromatic carbocycles. The number of aromatic hydroxyl groups is 5. The average Bonchev–Trinajstić information content (AvgIpc) is 1.64. The molecule has 7 aromatic rings. The van der Waals surface area contributed by atoms with Gasteiger partial charge in [-0.3, -0.25) is 19.3 Å². The number of hydrogen-bond donors (Lipinski definition) is 10. The SMILES string of the molecule is C.C.C.C.CC.CC(C)(C)c1cc(O)cc(O)c1.CC(C)(C)c1ccc(O)c(NC=O)c1.CC(C)(C)c1ccc(O)c(NS(C)(=O)=O)c1.CC(C)(C)c1cccc2c1CC(=O)N2.Cc1ccc(C(C)(C)C)cc1CO.Cc1ccc(C(C)(C)C)cc1O.Cc1ccc(C(C)(C)C)nc1CO. The number of aryl methyl sites for hydroxylation is 3. The van der Waals surface area contributed by atoms with Gasteiger partial charge in [0.15, 0.2) is 0 Å². The molecule has 16 heteroatoms. The molecular weight excluding hydrogens is 1270 g/mol. The molecular formula is C84H134N4O11S. The minimum absolute atomic E-state index is 0. The van der Waals surface area contributed by atoms with E-state index in [9.17, 15) is 43.5 Å². The molecule has 1 aliphatic rings. The molecule has 0 unspecified atom stereocenters. The standard InChI is InChI=1S/C12H15NO.C12H18O.C11H17NO3S.C11H15NO2.C11H17NO.C11H16O.C10H14O2.C2H6.4CH4/c1-12(2,3)9-5-4-6-10-8(9)7-11(14)13-10;1-9-5-6-11(12(2,3)4)7-10(9)8-13;1-11(2,3)8-5-6-10(13)9(7-8)12-16(4,14)15;1-11(2,3)8-4-5-10(14)9(6-8)12-7-13;1-8-5-6-10(11(2,3)4)12-9(8)7-13;1-8-5-6-9(7-10(8)12)11(2,3)4;1-10(2,3)7-4-8(11)6-9(12)5-7;1-2;;;;/h4-6H,7H2,1-3H3,(H,13,14);5-7,13H,8H2,1-4H3;5-7,12-13H,1-4H3;4-7,14H,1-3H3,(H,12,13);5-6,13H,7H2,1-4H3;5-7,12H,1-4H3;4-6,11-12H,1-3H3;1-2H3;4*1H4. The summed E-state index contributed by atoms with van der Waals surface area (Å²) in [5.74, 6) is 0.738. The van der Waals surface area contributed by atoms with Crippen molar-refractivity contribution in [1.82, 2.24) is 4.98 Å². The number of aliphatic hydroxyl groups excluding tert-OH is 2. The van der Waals surface area contributed by atoms with Crippen LogP contribution in [0.5, 0.6) is 28.7 Å². The molecule has 0 bridgehead atoms. The van der Waals surface area contributed by atoms with Crippen molar-refractivity contribution >= 4 is 39.4 Å². The molecule has 0 saturated heterocycles. The number of benzene rings is 6. The lowest BCUT2D eigenvalue weighted by atomic mass is 9.83.